The third-order valence-corrected chi connectivity index (χ3v) is 2.60. The summed E-state index contributed by atoms with van der Waals surface area (Å²) >= 11 is 0. The molecule has 1 heterocycles. The summed E-state index contributed by atoms with van der Waals surface area (Å²) in [6.07, 6.45) is 5.84. The van der Waals surface area contributed by atoms with Crippen LogP contribution in [0, 0.1) is 0 Å². The van der Waals surface area contributed by atoms with Gasteiger partial charge in [-0.2, -0.15) is 0 Å². The first-order valence-electron chi connectivity index (χ1n) is 4.55. The van der Waals surface area contributed by atoms with E-state index in [2.05, 4.69) is 11.1 Å². The number of hydrogen-bond acceptors (Lipinski definition) is 2. The van der Waals surface area contributed by atoms with Gasteiger partial charge in [0, 0.05) is 24.4 Å². The average Bonchev–Trinajstić information content (AvgIpc) is 2.02. The van der Waals surface area contributed by atoms with Crippen LogP contribution in [0.3, 0.4) is 0 Å². The van der Waals surface area contributed by atoms with E-state index < -0.39 is 0 Å². The van der Waals surface area contributed by atoms with Crippen molar-refractivity contribution in [1.29, 1.82) is 0 Å². The van der Waals surface area contributed by atoms with Gasteiger partial charge in [-0.25, -0.2) is 0 Å². The highest BCUT2D eigenvalue weighted by Crippen LogP contribution is 2.35. The molecule has 0 radical (unpaired) electrons. The maximum atomic E-state index is 5.55. The van der Waals surface area contributed by atoms with Crippen molar-refractivity contribution < 1.29 is 0 Å². The van der Waals surface area contributed by atoms with Gasteiger partial charge in [-0.3, -0.25) is 4.98 Å². The van der Waals surface area contributed by atoms with E-state index in [1.165, 1.54) is 30.5 Å². The van der Waals surface area contributed by atoms with Crippen molar-refractivity contribution in [3.05, 3.63) is 29.6 Å². The molecule has 12 heavy (non-hydrogen) atoms. The average molecular weight is 162 g/mol. The molecule has 2 N–H and O–H groups in total. The molecule has 2 nitrogen and oxygen atoms in total. The van der Waals surface area contributed by atoms with E-state index in [1.54, 1.807) is 0 Å². The molecule has 1 saturated carbocycles. The van der Waals surface area contributed by atoms with E-state index in [4.69, 9.17) is 5.73 Å². The zero-order chi connectivity index (χ0) is 8.39. The molecule has 0 amide bonds. The molecule has 1 fully saturated rings. The van der Waals surface area contributed by atoms with Gasteiger partial charge in [-0.15, -0.1) is 0 Å². The lowest BCUT2D eigenvalue weighted by atomic mass is 9.82. The molecule has 0 aliphatic heterocycles. The monoisotopic (exact) mass is 162 g/mol. The summed E-state index contributed by atoms with van der Waals surface area (Å²) in [7, 11) is 0. The molecule has 2 heteroatoms. The maximum Gasteiger partial charge on any atom is 0.0437 e. The van der Waals surface area contributed by atoms with Crippen molar-refractivity contribution in [2.75, 3.05) is 0 Å². The van der Waals surface area contributed by atoms with Gasteiger partial charge in [-0.1, -0.05) is 6.42 Å². The second-order valence-corrected chi connectivity index (χ2v) is 3.42. The molecular weight excluding hydrogens is 148 g/mol. The topological polar surface area (TPSA) is 38.9 Å². The largest absolute Gasteiger partial charge is 0.326 e. The molecule has 0 aromatic carbocycles. The lowest BCUT2D eigenvalue weighted by Gasteiger charge is -2.24. The van der Waals surface area contributed by atoms with E-state index >= 15 is 0 Å². The number of rotatable bonds is 2. The SMILES string of the molecule is NCc1ccnc(C2CCC2)c1. The molecule has 64 valence electrons. The second-order valence-electron chi connectivity index (χ2n) is 3.42. The number of pyridine rings is 1. The highest BCUT2D eigenvalue weighted by Gasteiger charge is 2.20. The van der Waals surface area contributed by atoms with Crippen LogP contribution < -0.4 is 5.73 Å². The smallest absolute Gasteiger partial charge is 0.0437 e. The summed E-state index contributed by atoms with van der Waals surface area (Å²) in [5.41, 5.74) is 7.99. The van der Waals surface area contributed by atoms with Crippen LogP contribution in [0.2, 0.25) is 0 Å². The Balaban J connectivity index is 2.19. The molecule has 0 bridgehead atoms. The third kappa shape index (κ3) is 1.34. The Morgan fingerprint density at radius 2 is 2.33 bits per heavy atom. The van der Waals surface area contributed by atoms with Gasteiger partial charge in [0.15, 0.2) is 0 Å². The van der Waals surface area contributed by atoms with E-state index in [9.17, 15) is 0 Å². The van der Waals surface area contributed by atoms with E-state index in [0.29, 0.717) is 6.54 Å². The summed E-state index contributed by atoms with van der Waals surface area (Å²) in [5.74, 6) is 0.719. The van der Waals surface area contributed by atoms with Crippen LogP contribution in [-0.2, 0) is 6.54 Å². The standard InChI is InChI=1S/C10H14N2/c11-7-8-4-5-12-10(6-8)9-2-1-3-9/h4-6,9H,1-3,7,11H2. The van der Waals surface area contributed by atoms with Crippen LogP contribution >= 0.6 is 0 Å². The van der Waals surface area contributed by atoms with Crippen LogP contribution in [0.5, 0.6) is 0 Å². The molecular formula is C10H14N2. The Bertz CT molecular complexity index is 266. The van der Waals surface area contributed by atoms with Crippen LogP contribution in [0.4, 0.5) is 0 Å². The van der Waals surface area contributed by atoms with Gasteiger partial charge in [0.1, 0.15) is 0 Å². The van der Waals surface area contributed by atoms with Gasteiger partial charge in [0.2, 0.25) is 0 Å². The highest BCUT2D eigenvalue weighted by atomic mass is 14.7. The predicted octanol–water partition coefficient (Wildman–Crippen LogP) is 1.81. The zero-order valence-electron chi connectivity index (χ0n) is 7.16. The Kier molecular flexibility index (Phi) is 2.09. The first-order chi connectivity index (χ1) is 5.90. The number of hydrogen-bond donors (Lipinski definition) is 1. The minimum Gasteiger partial charge on any atom is -0.326 e. The van der Waals surface area contributed by atoms with Crippen molar-refractivity contribution in [3.8, 4) is 0 Å². The fraction of sp³-hybridized carbons (Fsp3) is 0.500. The normalized spacial score (nSPS) is 17.4. The third-order valence-electron chi connectivity index (χ3n) is 2.60. The lowest BCUT2D eigenvalue weighted by molar-refractivity contribution is 0.411. The van der Waals surface area contributed by atoms with Crippen molar-refractivity contribution >= 4 is 0 Å². The second kappa shape index (κ2) is 3.23. The summed E-state index contributed by atoms with van der Waals surface area (Å²) in [6.45, 7) is 0.627. The van der Waals surface area contributed by atoms with Crippen LogP contribution in [0.15, 0.2) is 18.3 Å². The molecule has 0 unspecified atom stereocenters. The number of aromatic nitrogens is 1. The van der Waals surface area contributed by atoms with Crippen molar-refractivity contribution in [2.24, 2.45) is 5.73 Å². The van der Waals surface area contributed by atoms with Crippen molar-refractivity contribution in [2.45, 2.75) is 31.7 Å². The van der Waals surface area contributed by atoms with E-state index in [0.717, 1.165) is 5.92 Å². The molecule has 1 aromatic heterocycles. The first-order valence-corrected chi connectivity index (χ1v) is 4.55. The fourth-order valence-electron chi connectivity index (χ4n) is 1.55. The number of nitrogens with two attached hydrogens (primary N) is 1. The summed E-state index contributed by atoms with van der Waals surface area (Å²) in [4.78, 5) is 4.35. The zero-order valence-corrected chi connectivity index (χ0v) is 7.16. The van der Waals surface area contributed by atoms with Gasteiger partial charge >= 0.3 is 0 Å². The minimum absolute atomic E-state index is 0.627. The Morgan fingerprint density at radius 1 is 1.50 bits per heavy atom. The minimum atomic E-state index is 0.627. The van der Waals surface area contributed by atoms with E-state index in [1.807, 2.05) is 12.3 Å². The summed E-state index contributed by atoms with van der Waals surface area (Å²) in [5, 5.41) is 0. The summed E-state index contributed by atoms with van der Waals surface area (Å²) in [6, 6.07) is 4.13. The van der Waals surface area contributed by atoms with Gasteiger partial charge < -0.3 is 5.73 Å². The van der Waals surface area contributed by atoms with Gasteiger partial charge in [-0.05, 0) is 30.5 Å². The first kappa shape index (κ1) is 7.74. The Labute approximate surface area is 72.8 Å². The Morgan fingerprint density at radius 3 is 2.92 bits per heavy atom. The molecule has 0 saturated heterocycles. The highest BCUT2D eigenvalue weighted by molar-refractivity contribution is 5.20. The number of nitrogens with zero attached hydrogens (tertiary/aromatic N) is 1. The molecule has 0 atom stereocenters. The molecule has 2 rings (SSSR count). The van der Waals surface area contributed by atoms with Crippen molar-refractivity contribution in [3.63, 3.8) is 0 Å². The predicted molar refractivity (Wildman–Crippen MR) is 48.7 cm³/mol. The van der Waals surface area contributed by atoms with Crippen LogP contribution in [0.1, 0.15) is 36.4 Å². The fourth-order valence-corrected chi connectivity index (χ4v) is 1.55. The molecule has 1 aromatic rings. The van der Waals surface area contributed by atoms with Crippen LogP contribution in [-0.4, -0.2) is 4.98 Å². The summed E-state index contributed by atoms with van der Waals surface area (Å²) < 4.78 is 0. The lowest BCUT2D eigenvalue weighted by Crippen LogP contribution is -2.11. The van der Waals surface area contributed by atoms with Crippen LogP contribution in [0.25, 0.3) is 0 Å². The van der Waals surface area contributed by atoms with E-state index in [-0.39, 0.29) is 0 Å². The molecule has 0 spiro atoms. The van der Waals surface area contributed by atoms with Gasteiger partial charge in [0.05, 0.1) is 0 Å². The van der Waals surface area contributed by atoms with Gasteiger partial charge in [0.25, 0.3) is 0 Å². The van der Waals surface area contributed by atoms with Crippen molar-refractivity contribution in [1.82, 2.24) is 4.98 Å². The maximum absolute atomic E-state index is 5.55. The molecule has 1 aliphatic rings. The Hall–Kier alpha value is -0.890. The quantitative estimate of drug-likeness (QED) is 0.720. The molecule has 1 aliphatic carbocycles.